The van der Waals surface area contributed by atoms with Crippen molar-refractivity contribution in [3.8, 4) is 0 Å². The Balaban J connectivity index is 1.83. The first kappa shape index (κ1) is 22.4. The first-order valence-corrected chi connectivity index (χ1v) is 16.9. The number of ether oxygens (including phenoxy) is 2. The zero-order valence-electron chi connectivity index (χ0n) is 30.1. The van der Waals surface area contributed by atoms with Crippen LogP contribution in [0.2, 0.25) is 18.1 Å². The third-order valence-electron chi connectivity index (χ3n) is 9.04. The molecule has 3 rings (SSSR count). The van der Waals surface area contributed by atoms with Gasteiger partial charge < -0.3 is 13.9 Å². The largest absolute Gasteiger partial charge is 0.462 e. The SMILES string of the molecule is [2H]C([2H])([2H])C(CC)(C(=O)O[C@@H]1C[C@H](C)C=C2C=C[C@@H](C)[C@@H](CC[C@H]3C[C@H](O[Si](C)(C)C(C)(C)C)CC(=O)O3)[C@@H]21)C([2H])([2H])[2H]. The number of hydrogen-bond acceptors (Lipinski definition) is 5. The molecule has 0 unspecified atom stereocenters. The van der Waals surface area contributed by atoms with E-state index in [9.17, 15) is 9.59 Å². The molecule has 0 saturated carbocycles. The van der Waals surface area contributed by atoms with Crippen molar-refractivity contribution in [2.45, 2.75) is 130 Å². The Morgan fingerprint density at radius 3 is 2.51 bits per heavy atom. The van der Waals surface area contributed by atoms with Gasteiger partial charge in [-0.2, -0.15) is 0 Å². The van der Waals surface area contributed by atoms with Gasteiger partial charge in [0.05, 0.1) is 17.9 Å². The van der Waals surface area contributed by atoms with Crippen LogP contribution in [-0.2, 0) is 23.5 Å². The van der Waals surface area contributed by atoms with Gasteiger partial charge in [0, 0.05) is 20.6 Å². The van der Waals surface area contributed by atoms with Crippen molar-refractivity contribution in [3.05, 3.63) is 23.8 Å². The van der Waals surface area contributed by atoms with Crippen LogP contribution in [0.3, 0.4) is 0 Å². The summed E-state index contributed by atoms with van der Waals surface area (Å²) in [6.45, 7) is 10.3. The summed E-state index contributed by atoms with van der Waals surface area (Å²) >= 11 is 0. The highest BCUT2D eigenvalue weighted by molar-refractivity contribution is 6.74. The first-order valence-electron chi connectivity index (χ1n) is 17.0. The molecular weight excluding hydrogens is 480 g/mol. The fourth-order valence-corrected chi connectivity index (χ4v) is 7.05. The van der Waals surface area contributed by atoms with Crippen LogP contribution in [0, 0.1) is 29.1 Å². The Labute approximate surface area is 235 Å². The summed E-state index contributed by atoms with van der Waals surface area (Å²) in [5.74, 6) is -1.44. The molecule has 0 bridgehead atoms. The molecule has 1 saturated heterocycles. The fraction of sp³-hybridized carbons (Fsp3) is 0.806. The maximum Gasteiger partial charge on any atom is 0.311 e. The van der Waals surface area contributed by atoms with Crippen molar-refractivity contribution >= 4 is 20.3 Å². The quantitative estimate of drug-likeness (QED) is 0.235. The molecule has 210 valence electrons. The van der Waals surface area contributed by atoms with E-state index >= 15 is 0 Å². The maximum atomic E-state index is 13.6. The van der Waals surface area contributed by atoms with Gasteiger partial charge in [-0.25, -0.2) is 0 Å². The Bertz CT molecular complexity index is 1080. The number of allylic oxidation sites excluding steroid dienone is 3. The van der Waals surface area contributed by atoms with Crippen molar-refractivity contribution in [1.29, 1.82) is 0 Å². The molecule has 0 aromatic carbocycles. The van der Waals surface area contributed by atoms with E-state index in [1.807, 2.05) is 13.0 Å². The van der Waals surface area contributed by atoms with Gasteiger partial charge >= 0.3 is 11.9 Å². The second-order valence-corrected chi connectivity index (χ2v) is 17.9. The van der Waals surface area contributed by atoms with Gasteiger partial charge in [0.15, 0.2) is 8.32 Å². The molecule has 0 N–H and O–H groups in total. The Hall–Kier alpha value is -1.40. The normalized spacial score (nSPS) is 35.9. The minimum atomic E-state index is -3.06. The zero-order chi connectivity index (χ0) is 32.8. The zero-order valence-corrected chi connectivity index (χ0v) is 25.1. The van der Waals surface area contributed by atoms with Gasteiger partial charge in [-0.3, -0.25) is 9.59 Å². The standard InChI is InChI=1S/C31H52O5Si/c1-11-31(7,8)29(33)35-26-17-20(2)16-22-13-12-21(3)25(28(22)26)15-14-23-18-24(19-27(32)34-23)36-37(9,10)30(4,5)6/h12-13,16,20-21,23-26,28H,11,14-15,17-19H2,1-10H3/t20-,21-,23+,24+,25-,26-,28-/m1/s1/i7D3,8D3. The van der Waals surface area contributed by atoms with E-state index in [4.69, 9.17) is 22.1 Å². The van der Waals surface area contributed by atoms with Crippen molar-refractivity contribution in [1.82, 2.24) is 0 Å². The summed E-state index contributed by atoms with van der Waals surface area (Å²) in [5.41, 5.74) is -1.59. The molecule has 0 amide bonds. The number of hydrogen-bond donors (Lipinski definition) is 0. The monoisotopic (exact) mass is 538 g/mol. The third-order valence-corrected chi connectivity index (χ3v) is 13.6. The minimum absolute atomic E-state index is 0.0233. The van der Waals surface area contributed by atoms with E-state index in [1.165, 1.54) is 6.92 Å². The van der Waals surface area contributed by atoms with E-state index in [0.29, 0.717) is 25.7 Å². The van der Waals surface area contributed by atoms with Crippen LogP contribution in [0.25, 0.3) is 0 Å². The van der Waals surface area contributed by atoms with Gasteiger partial charge in [0.25, 0.3) is 0 Å². The van der Waals surface area contributed by atoms with Gasteiger partial charge in [-0.05, 0) is 80.8 Å². The Morgan fingerprint density at radius 2 is 1.89 bits per heavy atom. The molecular formula is C31H52O5Si. The second kappa shape index (κ2) is 11.4. The molecule has 3 aliphatic rings. The predicted octanol–water partition coefficient (Wildman–Crippen LogP) is 7.62. The van der Waals surface area contributed by atoms with Crippen molar-refractivity contribution < 1.29 is 31.7 Å². The number of cyclic esters (lactones) is 1. The predicted molar refractivity (Wildman–Crippen MR) is 152 cm³/mol. The number of fused-ring (bicyclic) bond motifs is 1. The van der Waals surface area contributed by atoms with E-state index in [1.54, 1.807) is 0 Å². The lowest BCUT2D eigenvalue weighted by molar-refractivity contribution is -0.165. The molecule has 2 aliphatic carbocycles. The lowest BCUT2D eigenvalue weighted by Crippen LogP contribution is -2.47. The van der Waals surface area contributed by atoms with Crippen LogP contribution in [0.4, 0.5) is 0 Å². The molecule has 7 atom stereocenters. The van der Waals surface area contributed by atoms with Crippen molar-refractivity contribution in [2.24, 2.45) is 29.1 Å². The first-order chi connectivity index (χ1) is 19.5. The molecule has 1 heterocycles. The number of carbonyl (C=O) groups is 2. The Morgan fingerprint density at radius 1 is 1.19 bits per heavy atom. The Kier molecular flexibility index (Phi) is 6.89. The number of esters is 2. The third kappa shape index (κ3) is 7.17. The van der Waals surface area contributed by atoms with Crippen LogP contribution >= 0.6 is 0 Å². The van der Waals surface area contributed by atoms with Crippen LogP contribution in [0.5, 0.6) is 0 Å². The van der Waals surface area contributed by atoms with Gasteiger partial charge in [-0.1, -0.05) is 59.8 Å². The topological polar surface area (TPSA) is 61.8 Å². The minimum Gasteiger partial charge on any atom is -0.462 e. The highest BCUT2D eigenvalue weighted by Gasteiger charge is 2.44. The smallest absolute Gasteiger partial charge is 0.311 e. The molecule has 6 heteroatoms. The number of rotatable bonds is 8. The van der Waals surface area contributed by atoms with Crippen LogP contribution in [-0.4, -0.2) is 38.6 Å². The lowest BCUT2D eigenvalue weighted by atomic mass is 9.65. The van der Waals surface area contributed by atoms with Crippen LogP contribution < -0.4 is 0 Å². The summed E-state index contributed by atoms with van der Waals surface area (Å²) < 4.78 is 66.6. The fourth-order valence-electron chi connectivity index (χ4n) is 5.69. The molecule has 0 aromatic rings. The molecule has 1 fully saturated rings. The van der Waals surface area contributed by atoms with Gasteiger partial charge in [0.1, 0.15) is 12.2 Å². The van der Waals surface area contributed by atoms with Gasteiger partial charge in [0.2, 0.25) is 0 Å². The summed E-state index contributed by atoms with van der Waals surface area (Å²) in [5, 5.41) is 0.0233. The average Bonchev–Trinajstić information content (AvgIpc) is 2.81. The van der Waals surface area contributed by atoms with E-state index in [0.717, 1.165) is 5.57 Å². The van der Waals surface area contributed by atoms with Crippen molar-refractivity contribution in [3.63, 3.8) is 0 Å². The van der Waals surface area contributed by atoms with E-state index in [-0.39, 0.29) is 59.7 Å². The highest BCUT2D eigenvalue weighted by atomic mass is 28.4. The summed E-state index contributed by atoms with van der Waals surface area (Å²) in [7, 11) is -2.07. The van der Waals surface area contributed by atoms with Crippen molar-refractivity contribution in [2.75, 3.05) is 0 Å². The molecule has 0 aromatic heterocycles. The summed E-state index contributed by atoms with van der Waals surface area (Å²) in [6.07, 6.45) is 7.49. The van der Waals surface area contributed by atoms with Crippen LogP contribution in [0.15, 0.2) is 23.8 Å². The summed E-state index contributed by atoms with van der Waals surface area (Å²) in [6, 6.07) is 0. The molecule has 0 spiro atoms. The average molecular weight is 539 g/mol. The second-order valence-electron chi connectivity index (χ2n) is 13.1. The molecule has 1 aliphatic heterocycles. The molecule has 37 heavy (non-hydrogen) atoms. The number of carbonyl (C=O) groups excluding carboxylic acids is 2. The van der Waals surface area contributed by atoms with E-state index < -0.39 is 39.5 Å². The van der Waals surface area contributed by atoms with Crippen LogP contribution in [0.1, 0.15) is 102 Å². The van der Waals surface area contributed by atoms with E-state index in [2.05, 4.69) is 52.9 Å². The summed E-state index contributed by atoms with van der Waals surface area (Å²) in [4.78, 5) is 26.2. The lowest BCUT2D eigenvalue weighted by Gasteiger charge is -2.44. The molecule has 0 radical (unpaired) electrons. The van der Waals surface area contributed by atoms with Gasteiger partial charge in [-0.15, -0.1) is 0 Å². The maximum absolute atomic E-state index is 13.6. The highest BCUT2D eigenvalue weighted by Crippen LogP contribution is 2.46. The molecule has 5 nitrogen and oxygen atoms in total.